The van der Waals surface area contributed by atoms with E-state index in [4.69, 9.17) is 10.5 Å². The fourth-order valence-corrected chi connectivity index (χ4v) is 1.57. The van der Waals surface area contributed by atoms with E-state index in [1.165, 1.54) is 0 Å². The van der Waals surface area contributed by atoms with Crippen LogP contribution in [0.15, 0.2) is 28.7 Å². The van der Waals surface area contributed by atoms with Gasteiger partial charge in [0.1, 0.15) is 0 Å². The molecule has 2 nitrogen and oxygen atoms in total. The third-order valence-corrected chi connectivity index (χ3v) is 2.46. The highest BCUT2D eigenvalue weighted by molar-refractivity contribution is 9.10. The van der Waals surface area contributed by atoms with Crippen molar-refractivity contribution in [2.75, 3.05) is 7.11 Å². The van der Waals surface area contributed by atoms with Crippen molar-refractivity contribution in [2.45, 2.75) is 19.1 Å². The summed E-state index contributed by atoms with van der Waals surface area (Å²) in [7, 11) is 1.68. The summed E-state index contributed by atoms with van der Waals surface area (Å²) in [6.07, 6.45) is -0.0203. The van der Waals surface area contributed by atoms with Crippen LogP contribution in [0.25, 0.3) is 0 Å². The van der Waals surface area contributed by atoms with Crippen LogP contribution in [0.3, 0.4) is 0 Å². The Morgan fingerprint density at radius 3 is 2.23 bits per heavy atom. The number of hydrogen-bond acceptors (Lipinski definition) is 2. The molecular weight excluding hydrogens is 230 g/mol. The second kappa shape index (κ2) is 4.74. The summed E-state index contributed by atoms with van der Waals surface area (Å²) in [5.74, 6) is 0. The van der Waals surface area contributed by atoms with Gasteiger partial charge in [-0.2, -0.15) is 0 Å². The van der Waals surface area contributed by atoms with Crippen LogP contribution in [-0.2, 0) is 4.74 Å². The molecule has 1 aromatic rings. The molecule has 3 heteroatoms. The first-order valence-corrected chi connectivity index (χ1v) is 4.98. The van der Waals surface area contributed by atoms with E-state index in [2.05, 4.69) is 15.9 Å². The average Bonchev–Trinajstić information content (AvgIpc) is 2.09. The Bertz CT molecular complexity index is 258. The highest BCUT2D eigenvalue weighted by atomic mass is 79.9. The van der Waals surface area contributed by atoms with Crippen LogP contribution in [0.1, 0.15) is 18.6 Å². The molecule has 13 heavy (non-hydrogen) atoms. The van der Waals surface area contributed by atoms with Crippen LogP contribution in [0.2, 0.25) is 0 Å². The van der Waals surface area contributed by atoms with Crippen LogP contribution in [-0.4, -0.2) is 13.2 Å². The molecule has 0 amide bonds. The molecule has 0 fully saturated rings. The smallest absolute Gasteiger partial charge is 0.0969 e. The Balaban J connectivity index is 2.86. The van der Waals surface area contributed by atoms with Gasteiger partial charge in [0.2, 0.25) is 0 Å². The zero-order chi connectivity index (χ0) is 9.84. The molecule has 0 bridgehead atoms. The lowest BCUT2D eigenvalue weighted by Crippen LogP contribution is -2.25. The van der Waals surface area contributed by atoms with Crippen molar-refractivity contribution >= 4 is 15.9 Å². The van der Waals surface area contributed by atoms with Gasteiger partial charge in [-0.1, -0.05) is 28.1 Å². The number of halogens is 1. The molecule has 2 unspecified atom stereocenters. The van der Waals surface area contributed by atoms with Crippen LogP contribution in [0, 0.1) is 0 Å². The second-order valence-electron chi connectivity index (χ2n) is 3.07. The highest BCUT2D eigenvalue weighted by Gasteiger charge is 2.14. The second-order valence-corrected chi connectivity index (χ2v) is 3.98. The van der Waals surface area contributed by atoms with E-state index in [1.807, 2.05) is 31.2 Å². The Morgan fingerprint density at radius 2 is 1.85 bits per heavy atom. The minimum absolute atomic E-state index is 0.00572. The van der Waals surface area contributed by atoms with Gasteiger partial charge in [-0.3, -0.25) is 0 Å². The summed E-state index contributed by atoms with van der Waals surface area (Å²) in [6, 6.07) is 8.02. The first-order valence-electron chi connectivity index (χ1n) is 4.19. The van der Waals surface area contributed by atoms with Gasteiger partial charge in [0, 0.05) is 17.6 Å². The molecule has 1 aromatic carbocycles. The summed E-state index contributed by atoms with van der Waals surface area (Å²) in [5, 5.41) is 0. The summed E-state index contributed by atoms with van der Waals surface area (Å²) in [4.78, 5) is 0. The molecule has 0 aromatic heterocycles. The van der Waals surface area contributed by atoms with E-state index in [1.54, 1.807) is 7.11 Å². The van der Waals surface area contributed by atoms with Gasteiger partial charge in [0.05, 0.1) is 6.10 Å². The minimum atomic E-state index is -0.0203. The first-order chi connectivity index (χ1) is 6.15. The molecule has 0 saturated heterocycles. The lowest BCUT2D eigenvalue weighted by molar-refractivity contribution is 0.0853. The molecule has 0 aliphatic rings. The van der Waals surface area contributed by atoms with Crippen LogP contribution in [0.5, 0.6) is 0 Å². The number of rotatable bonds is 3. The van der Waals surface area contributed by atoms with Crippen LogP contribution < -0.4 is 5.73 Å². The van der Waals surface area contributed by atoms with Gasteiger partial charge in [0.25, 0.3) is 0 Å². The van der Waals surface area contributed by atoms with E-state index in [9.17, 15) is 0 Å². The standard InChI is InChI=1S/C10H14BrNO/c1-7(12)10(13-2)8-3-5-9(11)6-4-8/h3-7,10H,12H2,1-2H3. The van der Waals surface area contributed by atoms with Crippen molar-refractivity contribution in [1.82, 2.24) is 0 Å². The molecular formula is C10H14BrNO. The van der Waals surface area contributed by atoms with Crippen molar-refractivity contribution in [2.24, 2.45) is 5.73 Å². The van der Waals surface area contributed by atoms with Gasteiger partial charge < -0.3 is 10.5 Å². The third kappa shape index (κ3) is 2.79. The van der Waals surface area contributed by atoms with Crippen molar-refractivity contribution in [1.29, 1.82) is 0 Å². The Hall–Kier alpha value is -0.380. The van der Waals surface area contributed by atoms with Crippen molar-refractivity contribution < 1.29 is 4.74 Å². The summed E-state index contributed by atoms with van der Waals surface area (Å²) >= 11 is 3.38. The zero-order valence-corrected chi connectivity index (χ0v) is 9.41. The SMILES string of the molecule is COC(c1ccc(Br)cc1)C(C)N. The zero-order valence-electron chi connectivity index (χ0n) is 7.83. The van der Waals surface area contributed by atoms with Gasteiger partial charge >= 0.3 is 0 Å². The van der Waals surface area contributed by atoms with Gasteiger partial charge in [-0.25, -0.2) is 0 Å². The Labute approximate surface area is 87.2 Å². The predicted molar refractivity (Wildman–Crippen MR) is 57.5 cm³/mol. The Morgan fingerprint density at radius 1 is 1.31 bits per heavy atom. The maximum atomic E-state index is 5.78. The van der Waals surface area contributed by atoms with E-state index >= 15 is 0 Å². The summed E-state index contributed by atoms with van der Waals surface area (Å²) < 4.78 is 6.36. The molecule has 1 rings (SSSR count). The lowest BCUT2D eigenvalue weighted by atomic mass is 10.0. The molecule has 2 N–H and O–H groups in total. The normalized spacial score (nSPS) is 15.4. The van der Waals surface area contributed by atoms with Gasteiger partial charge in [-0.05, 0) is 24.6 Å². The number of benzene rings is 1. The van der Waals surface area contributed by atoms with Crippen molar-refractivity contribution in [3.05, 3.63) is 34.3 Å². The largest absolute Gasteiger partial charge is 0.375 e. The average molecular weight is 244 g/mol. The van der Waals surface area contributed by atoms with Crippen molar-refractivity contribution in [3.8, 4) is 0 Å². The van der Waals surface area contributed by atoms with E-state index in [0.29, 0.717) is 0 Å². The number of methoxy groups -OCH3 is 1. The summed E-state index contributed by atoms with van der Waals surface area (Å²) in [5.41, 5.74) is 6.89. The number of nitrogens with two attached hydrogens (primary N) is 1. The van der Waals surface area contributed by atoms with Crippen LogP contribution >= 0.6 is 15.9 Å². The highest BCUT2D eigenvalue weighted by Crippen LogP contribution is 2.21. The molecule has 0 radical (unpaired) electrons. The maximum absolute atomic E-state index is 5.78. The minimum Gasteiger partial charge on any atom is -0.375 e. The van der Waals surface area contributed by atoms with E-state index in [0.717, 1.165) is 10.0 Å². The topological polar surface area (TPSA) is 35.2 Å². The molecule has 0 spiro atoms. The van der Waals surface area contributed by atoms with E-state index < -0.39 is 0 Å². The monoisotopic (exact) mass is 243 g/mol. The third-order valence-electron chi connectivity index (χ3n) is 1.93. The number of hydrogen-bond donors (Lipinski definition) is 1. The molecule has 0 aliphatic heterocycles. The molecule has 0 heterocycles. The molecule has 0 aliphatic carbocycles. The quantitative estimate of drug-likeness (QED) is 0.886. The molecule has 72 valence electrons. The molecule has 0 saturated carbocycles. The van der Waals surface area contributed by atoms with Gasteiger partial charge in [0.15, 0.2) is 0 Å². The predicted octanol–water partition coefficient (Wildman–Crippen LogP) is 2.48. The molecule has 2 atom stereocenters. The van der Waals surface area contributed by atoms with E-state index in [-0.39, 0.29) is 12.1 Å². The first kappa shape index (κ1) is 10.7. The van der Waals surface area contributed by atoms with Gasteiger partial charge in [-0.15, -0.1) is 0 Å². The fraction of sp³-hybridized carbons (Fsp3) is 0.400. The maximum Gasteiger partial charge on any atom is 0.0969 e. The number of ether oxygens (including phenoxy) is 1. The fourth-order valence-electron chi connectivity index (χ4n) is 1.31. The lowest BCUT2D eigenvalue weighted by Gasteiger charge is -2.19. The Kier molecular flexibility index (Phi) is 3.90. The van der Waals surface area contributed by atoms with Crippen molar-refractivity contribution in [3.63, 3.8) is 0 Å². The van der Waals surface area contributed by atoms with Crippen LogP contribution in [0.4, 0.5) is 0 Å². The summed E-state index contributed by atoms with van der Waals surface area (Å²) in [6.45, 7) is 1.94.